The van der Waals surface area contributed by atoms with Crippen LogP contribution in [0.3, 0.4) is 0 Å². The Morgan fingerprint density at radius 1 is 1.00 bits per heavy atom. The van der Waals surface area contributed by atoms with E-state index in [0.717, 1.165) is 17.0 Å². The lowest BCUT2D eigenvalue weighted by molar-refractivity contribution is -0.137. The Morgan fingerprint density at radius 3 is 2.38 bits per heavy atom. The summed E-state index contributed by atoms with van der Waals surface area (Å²) < 4.78 is 39.0. The number of halogens is 3. The monoisotopic (exact) mass is 367 g/mol. The van der Waals surface area contributed by atoms with Gasteiger partial charge in [0, 0.05) is 10.6 Å². The molecule has 0 fully saturated rings. The molecule has 0 aliphatic carbocycles. The molecule has 3 aromatic rings. The number of benzene rings is 1. The lowest BCUT2D eigenvalue weighted by Gasteiger charge is -2.22. The van der Waals surface area contributed by atoms with E-state index in [1.54, 1.807) is 17.5 Å². The zero-order valence-electron chi connectivity index (χ0n) is 12.3. The van der Waals surface area contributed by atoms with E-state index in [9.17, 15) is 18.0 Å². The number of nitrogens with zero attached hydrogens (tertiary/aromatic N) is 1. The summed E-state index contributed by atoms with van der Waals surface area (Å²) in [6.07, 6.45) is -4.45. The molecule has 0 saturated heterocycles. The molecular weight excluding hydrogens is 355 g/mol. The first-order chi connectivity index (χ1) is 11.4. The average molecular weight is 367 g/mol. The molecule has 1 aromatic carbocycles. The number of rotatable bonds is 4. The van der Waals surface area contributed by atoms with Crippen LogP contribution in [-0.2, 0) is 12.7 Å². The molecule has 0 unspecified atom stereocenters. The molecule has 0 spiro atoms. The molecule has 2 aromatic heterocycles. The molecule has 0 saturated carbocycles. The highest BCUT2D eigenvalue weighted by Gasteiger charge is 2.31. The standard InChI is InChI=1S/C17H12F3NOS2/c18-17(19,20)12-4-1-5-13(10-12)21(11-14-6-2-8-23-14)16(22)15-7-3-9-24-15/h1-10H,11H2. The normalized spacial score (nSPS) is 11.5. The molecule has 0 aliphatic heterocycles. The first-order valence-corrected chi connectivity index (χ1v) is 8.76. The molecule has 1 amide bonds. The highest BCUT2D eigenvalue weighted by Crippen LogP contribution is 2.33. The Hall–Kier alpha value is -2.12. The summed E-state index contributed by atoms with van der Waals surface area (Å²) in [5.41, 5.74) is -0.535. The molecule has 0 bridgehead atoms. The molecule has 0 atom stereocenters. The Bertz CT molecular complexity index is 811. The van der Waals surface area contributed by atoms with Crippen molar-refractivity contribution in [2.24, 2.45) is 0 Å². The predicted molar refractivity (Wildman–Crippen MR) is 90.6 cm³/mol. The third-order valence-electron chi connectivity index (χ3n) is 3.36. The molecule has 7 heteroatoms. The van der Waals surface area contributed by atoms with Crippen LogP contribution >= 0.6 is 22.7 Å². The van der Waals surface area contributed by atoms with Crippen LogP contribution in [0.1, 0.15) is 20.1 Å². The van der Waals surface area contributed by atoms with Gasteiger partial charge in [0.15, 0.2) is 0 Å². The maximum absolute atomic E-state index is 13.0. The average Bonchev–Trinajstić information content (AvgIpc) is 3.25. The summed E-state index contributed by atoms with van der Waals surface area (Å²) in [4.78, 5) is 15.5. The number of amides is 1. The van der Waals surface area contributed by atoms with Gasteiger partial charge >= 0.3 is 6.18 Å². The van der Waals surface area contributed by atoms with Gasteiger partial charge in [-0.15, -0.1) is 22.7 Å². The van der Waals surface area contributed by atoms with Crippen molar-refractivity contribution in [1.29, 1.82) is 0 Å². The maximum atomic E-state index is 13.0. The van der Waals surface area contributed by atoms with E-state index >= 15 is 0 Å². The maximum Gasteiger partial charge on any atom is 0.416 e. The number of thiophene rings is 2. The second-order valence-electron chi connectivity index (χ2n) is 5.00. The van der Waals surface area contributed by atoms with Gasteiger partial charge in [-0.2, -0.15) is 13.2 Å². The van der Waals surface area contributed by atoms with Crippen molar-refractivity contribution in [3.8, 4) is 0 Å². The molecule has 0 N–H and O–H groups in total. The molecular formula is C17H12F3NOS2. The van der Waals surface area contributed by atoms with Crippen molar-refractivity contribution in [2.75, 3.05) is 4.90 Å². The summed E-state index contributed by atoms with van der Waals surface area (Å²) >= 11 is 2.72. The Kier molecular flexibility index (Phi) is 4.73. The van der Waals surface area contributed by atoms with Gasteiger partial charge in [-0.25, -0.2) is 0 Å². The fourth-order valence-electron chi connectivity index (χ4n) is 2.22. The van der Waals surface area contributed by atoms with Crippen molar-refractivity contribution in [2.45, 2.75) is 12.7 Å². The van der Waals surface area contributed by atoms with Gasteiger partial charge in [-0.1, -0.05) is 18.2 Å². The van der Waals surface area contributed by atoms with Gasteiger partial charge in [0.2, 0.25) is 0 Å². The Morgan fingerprint density at radius 2 is 1.75 bits per heavy atom. The highest BCUT2D eigenvalue weighted by molar-refractivity contribution is 7.12. The fraction of sp³-hybridized carbons (Fsp3) is 0.118. The third-order valence-corrected chi connectivity index (χ3v) is 5.08. The van der Waals surface area contributed by atoms with E-state index in [-0.39, 0.29) is 18.1 Å². The SMILES string of the molecule is O=C(c1cccs1)N(Cc1cccs1)c1cccc(C(F)(F)F)c1. The summed E-state index contributed by atoms with van der Waals surface area (Å²) in [6.45, 7) is 0.232. The van der Waals surface area contributed by atoms with Crippen LogP contribution < -0.4 is 4.90 Å². The van der Waals surface area contributed by atoms with Gasteiger partial charge in [0.05, 0.1) is 17.0 Å². The van der Waals surface area contributed by atoms with Crippen LogP contribution in [0.15, 0.2) is 59.3 Å². The summed E-state index contributed by atoms with van der Waals surface area (Å²) in [7, 11) is 0. The Balaban J connectivity index is 1.99. The minimum Gasteiger partial charge on any atom is -0.302 e. The van der Waals surface area contributed by atoms with Crippen molar-refractivity contribution in [3.63, 3.8) is 0 Å². The number of alkyl halides is 3. The van der Waals surface area contributed by atoms with Crippen molar-refractivity contribution in [3.05, 3.63) is 74.6 Å². The molecule has 3 rings (SSSR count). The van der Waals surface area contributed by atoms with E-state index in [1.807, 2.05) is 17.5 Å². The molecule has 124 valence electrons. The second kappa shape index (κ2) is 6.78. The number of hydrogen-bond donors (Lipinski definition) is 0. The molecule has 0 radical (unpaired) electrons. The first kappa shape index (κ1) is 16.7. The number of carbonyl (C=O) groups is 1. The predicted octanol–water partition coefficient (Wildman–Crippen LogP) is 5.68. The van der Waals surface area contributed by atoms with Crippen molar-refractivity contribution >= 4 is 34.3 Å². The first-order valence-electron chi connectivity index (χ1n) is 7.00. The number of carbonyl (C=O) groups excluding carboxylic acids is 1. The quantitative estimate of drug-likeness (QED) is 0.581. The van der Waals surface area contributed by atoms with Gasteiger partial charge in [-0.05, 0) is 41.1 Å². The van der Waals surface area contributed by atoms with Gasteiger partial charge in [-0.3, -0.25) is 4.79 Å². The highest BCUT2D eigenvalue weighted by atomic mass is 32.1. The van der Waals surface area contributed by atoms with Crippen molar-refractivity contribution in [1.82, 2.24) is 0 Å². The van der Waals surface area contributed by atoms with Crippen LogP contribution in [0.25, 0.3) is 0 Å². The van der Waals surface area contributed by atoms with Gasteiger partial charge in [0.1, 0.15) is 0 Å². The zero-order valence-corrected chi connectivity index (χ0v) is 13.9. The summed E-state index contributed by atoms with van der Waals surface area (Å²) in [5, 5.41) is 3.64. The molecule has 24 heavy (non-hydrogen) atoms. The summed E-state index contributed by atoms with van der Waals surface area (Å²) in [6, 6.07) is 12.0. The third kappa shape index (κ3) is 3.68. The number of anilines is 1. The van der Waals surface area contributed by atoms with Crippen molar-refractivity contribution < 1.29 is 18.0 Å². The van der Waals surface area contributed by atoms with E-state index in [2.05, 4.69) is 0 Å². The van der Waals surface area contributed by atoms with Gasteiger partial charge in [0.25, 0.3) is 5.91 Å². The molecule has 0 aliphatic rings. The second-order valence-corrected chi connectivity index (χ2v) is 6.98. The molecule has 2 heterocycles. The van der Waals surface area contributed by atoms with Crippen LogP contribution in [0, 0.1) is 0 Å². The minimum absolute atomic E-state index is 0.232. The summed E-state index contributed by atoms with van der Waals surface area (Å²) in [5.74, 6) is -0.308. The largest absolute Gasteiger partial charge is 0.416 e. The lowest BCUT2D eigenvalue weighted by Crippen LogP contribution is -2.29. The Labute approximate surface area is 144 Å². The molecule has 2 nitrogen and oxygen atoms in total. The van der Waals surface area contributed by atoms with Crippen LogP contribution in [-0.4, -0.2) is 5.91 Å². The number of hydrogen-bond acceptors (Lipinski definition) is 3. The smallest absolute Gasteiger partial charge is 0.302 e. The van der Waals surface area contributed by atoms with Crippen LogP contribution in [0.2, 0.25) is 0 Å². The lowest BCUT2D eigenvalue weighted by atomic mass is 10.1. The van der Waals surface area contributed by atoms with E-state index in [0.29, 0.717) is 4.88 Å². The van der Waals surface area contributed by atoms with Crippen LogP contribution in [0.4, 0.5) is 18.9 Å². The topological polar surface area (TPSA) is 20.3 Å². The van der Waals surface area contributed by atoms with Gasteiger partial charge < -0.3 is 4.90 Å². The van der Waals surface area contributed by atoms with E-state index in [4.69, 9.17) is 0 Å². The van der Waals surface area contributed by atoms with E-state index < -0.39 is 11.7 Å². The van der Waals surface area contributed by atoms with E-state index in [1.165, 1.54) is 39.7 Å². The van der Waals surface area contributed by atoms with Crippen LogP contribution in [0.5, 0.6) is 0 Å². The fourth-order valence-corrected chi connectivity index (χ4v) is 3.59. The zero-order chi connectivity index (χ0) is 17.2. The minimum atomic E-state index is -4.45.